The van der Waals surface area contributed by atoms with Gasteiger partial charge in [-0.2, -0.15) is 0 Å². The van der Waals surface area contributed by atoms with Gasteiger partial charge < -0.3 is 15.2 Å². The predicted octanol–water partition coefficient (Wildman–Crippen LogP) is 1.94. The minimum absolute atomic E-state index is 0.0709. The number of hydrogen-bond donors (Lipinski definition) is 1. The first kappa shape index (κ1) is 17.2. The second-order valence-electron chi connectivity index (χ2n) is 6.89. The molecule has 1 atom stereocenters. The van der Waals surface area contributed by atoms with E-state index in [-0.39, 0.29) is 18.4 Å². The summed E-state index contributed by atoms with van der Waals surface area (Å²) < 4.78 is 1.77. The topological polar surface area (TPSA) is 94.1 Å². The van der Waals surface area contributed by atoms with Crippen molar-refractivity contribution in [1.82, 2.24) is 19.4 Å². The first-order valence-electron chi connectivity index (χ1n) is 9.05. The van der Waals surface area contributed by atoms with Crippen molar-refractivity contribution < 1.29 is 9.59 Å². The average Bonchev–Trinajstić information content (AvgIpc) is 3.14. The predicted molar refractivity (Wildman–Crippen MR) is 101 cm³/mol. The number of carbonyl (C=O) groups excluding carboxylic acids is 2. The summed E-state index contributed by atoms with van der Waals surface area (Å²) in [6.07, 6.45) is 6.97. The minimum atomic E-state index is -0.404. The summed E-state index contributed by atoms with van der Waals surface area (Å²) >= 11 is 0. The molecule has 4 rings (SSSR count). The highest BCUT2D eigenvalue weighted by atomic mass is 16.2. The van der Waals surface area contributed by atoms with Crippen molar-refractivity contribution in [3.8, 4) is 0 Å². The Morgan fingerprint density at radius 2 is 2.00 bits per heavy atom. The Morgan fingerprint density at radius 3 is 2.81 bits per heavy atom. The number of rotatable bonds is 4. The lowest BCUT2D eigenvalue weighted by Crippen LogP contribution is -2.40. The quantitative estimate of drug-likeness (QED) is 0.766. The molecular formula is C20H21N5O2. The molecule has 0 radical (unpaired) electrons. The minimum Gasteiger partial charge on any atom is -0.368 e. The van der Waals surface area contributed by atoms with Gasteiger partial charge in [0.05, 0.1) is 0 Å². The summed E-state index contributed by atoms with van der Waals surface area (Å²) in [5.41, 5.74) is 5.77. The van der Waals surface area contributed by atoms with E-state index in [4.69, 9.17) is 5.73 Å². The SMILES string of the molecule is NC(=O)Cn1ccnc1C1CCCN(C(=O)c2cc3ccccc3cn2)C1. The standard InChI is InChI=1S/C20H21N5O2/c21-18(26)13-24-9-7-22-19(24)16-6-3-8-25(12-16)20(27)17-10-14-4-1-2-5-15(14)11-23-17/h1-2,4-5,7,9-11,16H,3,6,8,12-13H2,(H2,21,26). The molecule has 1 aromatic carbocycles. The molecule has 7 nitrogen and oxygen atoms in total. The molecule has 1 aliphatic heterocycles. The molecule has 1 unspecified atom stereocenters. The van der Waals surface area contributed by atoms with Gasteiger partial charge in [-0.25, -0.2) is 4.98 Å². The number of amides is 2. The summed E-state index contributed by atoms with van der Waals surface area (Å²) in [7, 11) is 0. The highest BCUT2D eigenvalue weighted by Crippen LogP contribution is 2.27. The van der Waals surface area contributed by atoms with Crippen LogP contribution >= 0.6 is 0 Å². The highest BCUT2D eigenvalue weighted by Gasteiger charge is 2.28. The van der Waals surface area contributed by atoms with Crippen LogP contribution in [-0.4, -0.2) is 44.3 Å². The van der Waals surface area contributed by atoms with Crippen LogP contribution in [0.5, 0.6) is 0 Å². The molecule has 1 saturated heterocycles. The van der Waals surface area contributed by atoms with Gasteiger partial charge in [0.15, 0.2) is 0 Å². The normalized spacial score (nSPS) is 17.2. The first-order chi connectivity index (χ1) is 13.1. The number of carbonyl (C=O) groups is 2. The smallest absolute Gasteiger partial charge is 0.272 e. The third-order valence-corrected chi connectivity index (χ3v) is 5.00. The highest BCUT2D eigenvalue weighted by molar-refractivity contribution is 5.96. The monoisotopic (exact) mass is 363 g/mol. The summed E-state index contributed by atoms with van der Waals surface area (Å²) in [6, 6.07) is 9.70. The molecule has 2 aromatic heterocycles. The molecule has 138 valence electrons. The molecule has 1 fully saturated rings. The van der Waals surface area contributed by atoms with Crippen LogP contribution in [0.1, 0.15) is 35.1 Å². The number of aromatic nitrogens is 3. The zero-order valence-corrected chi connectivity index (χ0v) is 14.9. The van der Waals surface area contributed by atoms with Crippen molar-refractivity contribution in [3.05, 3.63) is 60.4 Å². The van der Waals surface area contributed by atoms with Crippen LogP contribution in [0, 0.1) is 0 Å². The Kier molecular flexibility index (Phi) is 4.58. The van der Waals surface area contributed by atoms with E-state index in [1.807, 2.05) is 35.2 Å². The lowest BCUT2D eigenvalue weighted by atomic mass is 9.96. The molecule has 1 aliphatic rings. The number of primary amides is 1. The number of benzene rings is 1. The summed E-state index contributed by atoms with van der Waals surface area (Å²) in [5.74, 6) is 0.409. The number of likely N-dealkylation sites (tertiary alicyclic amines) is 1. The second-order valence-corrected chi connectivity index (χ2v) is 6.89. The van der Waals surface area contributed by atoms with E-state index in [1.165, 1.54) is 0 Å². The molecule has 3 heterocycles. The molecule has 7 heteroatoms. The van der Waals surface area contributed by atoms with Crippen molar-refractivity contribution >= 4 is 22.6 Å². The van der Waals surface area contributed by atoms with Crippen molar-refractivity contribution in [2.24, 2.45) is 5.73 Å². The number of hydrogen-bond acceptors (Lipinski definition) is 4. The van der Waals surface area contributed by atoms with E-state index in [0.717, 1.165) is 29.4 Å². The summed E-state index contributed by atoms with van der Waals surface area (Å²) in [6.45, 7) is 1.36. The molecule has 0 saturated carbocycles. The fraction of sp³-hybridized carbons (Fsp3) is 0.300. The summed E-state index contributed by atoms with van der Waals surface area (Å²) in [5, 5.41) is 2.01. The van der Waals surface area contributed by atoms with Crippen LogP contribution in [0.2, 0.25) is 0 Å². The average molecular weight is 363 g/mol. The van der Waals surface area contributed by atoms with Crippen LogP contribution in [-0.2, 0) is 11.3 Å². The third-order valence-electron chi connectivity index (χ3n) is 5.00. The van der Waals surface area contributed by atoms with E-state index in [2.05, 4.69) is 9.97 Å². The number of pyridine rings is 1. The Labute approximate surface area is 156 Å². The maximum absolute atomic E-state index is 13.0. The molecule has 3 aromatic rings. The van der Waals surface area contributed by atoms with Gasteiger partial charge in [-0.15, -0.1) is 0 Å². The molecule has 27 heavy (non-hydrogen) atoms. The van der Waals surface area contributed by atoms with Gasteiger partial charge in [-0.1, -0.05) is 24.3 Å². The lowest BCUT2D eigenvalue weighted by molar-refractivity contribution is -0.118. The van der Waals surface area contributed by atoms with Gasteiger partial charge in [0, 0.05) is 43.0 Å². The third kappa shape index (κ3) is 3.53. The van der Waals surface area contributed by atoms with Crippen molar-refractivity contribution in [1.29, 1.82) is 0 Å². The van der Waals surface area contributed by atoms with E-state index in [1.54, 1.807) is 23.2 Å². The zero-order valence-electron chi connectivity index (χ0n) is 14.9. The van der Waals surface area contributed by atoms with Gasteiger partial charge in [-0.3, -0.25) is 14.6 Å². The fourth-order valence-corrected chi connectivity index (χ4v) is 3.72. The van der Waals surface area contributed by atoms with Crippen LogP contribution in [0.25, 0.3) is 10.8 Å². The number of nitrogens with zero attached hydrogens (tertiary/aromatic N) is 4. The van der Waals surface area contributed by atoms with E-state index < -0.39 is 5.91 Å². The molecule has 2 amide bonds. The van der Waals surface area contributed by atoms with Gasteiger partial charge in [0.2, 0.25) is 5.91 Å². The second kappa shape index (κ2) is 7.19. The lowest BCUT2D eigenvalue weighted by Gasteiger charge is -2.32. The van der Waals surface area contributed by atoms with Crippen LogP contribution < -0.4 is 5.73 Å². The van der Waals surface area contributed by atoms with E-state index in [0.29, 0.717) is 18.8 Å². The maximum Gasteiger partial charge on any atom is 0.272 e. The first-order valence-corrected chi connectivity index (χ1v) is 9.05. The molecule has 0 bridgehead atoms. The Bertz CT molecular complexity index is 997. The molecule has 0 spiro atoms. The largest absolute Gasteiger partial charge is 0.368 e. The van der Waals surface area contributed by atoms with Crippen LogP contribution in [0.3, 0.4) is 0 Å². The Balaban J connectivity index is 1.54. The molecule has 2 N–H and O–H groups in total. The van der Waals surface area contributed by atoms with Gasteiger partial charge >= 0.3 is 0 Å². The van der Waals surface area contributed by atoms with Crippen LogP contribution in [0.4, 0.5) is 0 Å². The van der Waals surface area contributed by atoms with Crippen molar-refractivity contribution in [3.63, 3.8) is 0 Å². The fourth-order valence-electron chi connectivity index (χ4n) is 3.72. The zero-order chi connectivity index (χ0) is 18.8. The van der Waals surface area contributed by atoms with Crippen molar-refractivity contribution in [2.45, 2.75) is 25.3 Å². The number of fused-ring (bicyclic) bond motifs is 1. The maximum atomic E-state index is 13.0. The Hall–Kier alpha value is -3.22. The van der Waals surface area contributed by atoms with Crippen molar-refractivity contribution in [2.75, 3.05) is 13.1 Å². The number of imidazole rings is 1. The van der Waals surface area contributed by atoms with Gasteiger partial charge in [0.25, 0.3) is 5.91 Å². The summed E-state index contributed by atoms with van der Waals surface area (Å²) in [4.78, 5) is 34.8. The van der Waals surface area contributed by atoms with E-state index in [9.17, 15) is 9.59 Å². The van der Waals surface area contributed by atoms with Crippen LogP contribution in [0.15, 0.2) is 48.9 Å². The Morgan fingerprint density at radius 1 is 1.19 bits per heavy atom. The van der Waals surface area contributed by atoms with E-state index >= 15 is 0 Å². The van der Waals surface area contributed by atoms with Gasteiger partial charge in [-0.05, 0) is 24.3 Å². The number of piperidine rings is 1. The number of nitrogens with two attached hydrogens (primary N) is 1. The molecule has 0 aliphatic carbocycles. The van der Waals surface area contributed by atoms with Gasteiger partial charge in [0.1, 0.15) is 18.1 Å². The molecular weight excluding hydrogens is 342 g/mol.